The summed E-state index contributed by atoms with van der Waals surface area (Å²) in [5.74, 6) is 0. The molecule has 3 aromatic rings. The molecule has 226 valence electrons. The molecule has 0 fully saturated rings. The van der Waals surface area contributed by atoms with E-state index < -0.39 is 0 Å². The van der Waals surface area contributed by atoms with Gasteiger partial charge in [-0.15, -0.1) is 0 Å². The van der Waals surface area contributed by atoms with Gasteiger partial charge in [-0.3, -0.25) is 0 Å². The maximum absolute atomic E-state index is 3.77. The number of hydrogen-bond donors (Lipinski definition) is 0. The van der Waals surface area contributed by atoms with E-state index in [9.17, 15) is 0 Å². The van der Waals surface area contributed by atoms with E-state index in [1.807, 2.05) is 51.2 Å². The summed E-state index contributed by atoms with van der Waals surface area (Å²) in [7, 11) is 4.18. The van der Waals surface area contributed by atoms with Crippen LogP contribution < -0.4 is 9.80 Å². The Morgan fingerprint density at radius 2 is 1.37 bits per heavy atom. The van der Waals surface area contributed by atoms with Gasteiger partial charge in [-0.2, -0.15) is 0 Å². The Morgan fingerprint density at radius 1 is 0.767 bits per heavy atom. The van der Waals surface area contributed by atoms with Gasteiger partial charge < -0.3 is 9.80 Å². The zero-order chi connectivity index (χ0) is 32.2. The highest BCUT2D eigenvalue weighted by Crippen LogP contribution is 2.50. The maximum Gasteiger partial charge on any atom is 0.0444 e. The molecular formula is C41H52N2. The van der Waals surface area contributed by atoms with Gasteiger partial charge in [0, 0.05) is 42.3 Å². The molecule has 0 saturated heterocycles. The first-order valence-corrected chi connectivity index (χ1v) is 15.3. The van der Waals surface area contributed by atoms with Crippen molar-refractivity contribution in [3.63, 3.8) is 0 Å². The van der Waals surface area contributed by atoms with E-state index >= 15 is 0 Å². The van der Waals surface area contributed by atoms with Crippen molar-refractivity contribution in [2.75, 3.05) is 23.9 Å². The Bertz CT molecular complexity index is 1500. The van der Waals surface area contributed by atoms with Crippen molar-refractivity contribution < 1.29 is 0 Å². The molecule has 43 heavy (non-hydrogen) atoms. The van der Waals surface area contributed by atoms with E-state index in [2.05, 4.69) is 144 Å². The summed E-state index contributed by atoms with van der Waals surface area (Å²) in [5.41, 5.74) is 12.9. The minimum Gasteiger partial charge on any atom is -0.345 e. The Balaban J connectivity index is 0.000000340. The smallest absolute Gasteiger partial charge is 0.0444 e. The lowest BCUT2D eigenvalue weighted by Crippen LogP contribution is -2.19. The van der Waals surface area contributed by atoms with Crippen molar-refractivity contribution in [3.8, 4) is 11.1 Å². The quantitative estimate of drug-likeness (QED) is 0.248. The lowest BCUT2D eigenvalue weighted by Gasteiger charge is -2.27. The third-order valence-corrected chi connectivity index (χ3v) is 7.80. The monoisotopic (exact) mass is 572 g/mol. The molecular weight excluding hydrogens is 520 g/mol. The van der Waals surface area contributed by atoms with Crippen LogP contribution in [-0.4, -0.2) is 14.1 Å². The van der Waals surface area contributed by atoms with Gasteiger partial charge in [0.25, 0.3) is 0 Å². The van der Waals surface area contributed by atoms with Gasteiger partial charge in [0.05, 0.1) is 0 Å². The lowest BCUT2D eigenvalue weighted by molar-refractivity contribution is 0.660. The number of fused-ring (bicyclic) bond motifs is 3. The van der Waals surface area contributed by atoms with Crippen LogP contribution in [0.4, 0.5) is 11.4 Å². The molecule has 2 nitrogen and oxygen atoms in total. The highest BCUT2D eigenvalue weighted by molar-refractivity contribution is 5.84. The van der Waals surface area contributed by atoms with Crippen LogP contribution in [0.15, 0.2) is 139 Å². The van der Waals surface area contributed by atoms with Crippen LogP contribution in [0, 0.1) is 6.92 Å². The molecule has 0 radical (unpaired) electrons. The minimum absolute atomic E-state index is 0.0522. The third-order valence-electron chi connectivity index (χ3n) is 7.80. The average Bonchev–Trinajstić information content (AvgIpc) is 3.25. The van der Waals surface area contributed by atoms with E-state index in [0.717, 1.165) is 11.4 Å². The molecule has 0 aliphatic heterocycles. The molecule has 0 spiro atoms. The standard InChI is InChI=1S/C26H31N.C13H15N.C2H6/c1-8-12-18(3)24(13-9-2)27(7)25-17-21-20-14-10-11-15-22(20)26(5,6)23(21)16-19(25)4;1-4-9-12(5-2)14(3)13-10-7-6-8-11-13;1-2/h8-17H,1-7H3;4-11H,1-2H2,3H3;1-2H3/b12-8-,13-9-,24-18+;12-9+;. The lowest BCUT2D eigenvalue weighted by atomic mass is 9.82. The molecule has 0 amide bonds. The molecule has 0 bridgehead atoms. The van der Waals surface area contributed by atoms with Crippen molar-refractivity contribution in [1.82, 2.24) is 0 Å². The second-order valence-corrected chi connectivity index (χ2v) is 10.9. The van der Waals surface area contributed by atoms with Crippen molar-refractivity contribution in [1.29, 1.82) is 0 Å². The molecule has 1 aliphatic rings. The summed E-state index contributed by atoms with van der Waals surface area (Å²) in [6.45, 7) is 24.7. The van der Waals surface area contributed by atoms with Crippen LogP contribution in [0.25, 0.3) is 11.1 Å². The van der Waals surface area contributed by atoms with Crippen LogP contribution in [0.3, 0.4) is 0 Å². The fraction of sp³-hybridized carbons (Fsp3) is 0.268. The molecule has 0 saturated carbocycles. The number of aryl methyl sites for hydroxylation is 1. The number of rotatable bonds is 8. The average molecular weight is 573 g/mol. The number of benzene rings is 3. The first kappa shape index (κ1) is 34.9. The number of hydrogen-bond acceptors (Lipinski definition) is 2. The SMILES string of the molecule is C=C/C=C(\C=C)N(C)c1ccccc1.CC.C\C=C/C(C)=C(\C=C/C)N(C)c1cc2c(cc1C)C(C)(C)c1ccccc1-2. The van der Waals surface area contributed by atoms with Gasteiger partial charge in [-0.25, -0.2) is 0 Å². The van der Waals surface area contributed by atoms with E-state index in [1.54, 1.807) is 6.08 Å². The Labute approximate surface area is 262 Å². The van der Waals surface area contributed by atoms with Crippen LogP contribution in [-0.2, 0) is 5.41 Å². The van der Waals surface area contributed by atoms with Crippen LogP contribution in [0.5, 0.6) is 0 Å². The van der Waals surface area contributed by atoms with Gasteiger partial charge >= 0.3 is 0 Å². The number of anilines is 2. The van der Waals surface area contributed by atoms with Crippen LogP contribution in [0.2, 0.25) is 0 Å². The number of nitrogens with zero attached hydrogens (tertiary/aromatic N) is 2. The van der Waals surface area contributed by atoms with Crippen LogP contribution in [0.1, 0.15) is 65.2 Å². The molecule has 0 unspecified atom stereocenters. The third kappa shape index (κ3) is 7.96. The van der Waals surface area contributed by atoms with E-state index in [0.29, 0.717) is 0 Å². The van der Waals surface area contributed by atoms with E-state index in [4.69, 9.17) is 0 Å². The van der Waals surface area contributed by atoms with Crippen LogP contribution >= 0.6 is 0 Å². The van der Waals surface area contributed by atoms with E-state index in [-0.39, 0.29) is 5.41 Å². The summed E-state index contributed by atoms with van der Waals surface area (Å²) >= 11 is 0. The van der Waals surface area contributed by atoms with Crippen molar-refractivity contribution >= 4 is 11.4 Å². The summed E-state index contributed by atoms with van der Waals surface area (Å²) in [5, 5.41) is 0. The second kappa shape index (κ2) is 16.4. The number of likely N-dealkylation sites (N-methyl/N-ethyl adjacent to an activating group) is 2. The maximum atomic E-state index is 3.77. The fourth-order valence-corrected chi connectivity index (χ4v) is 5.57. The first-order valence-electron chi connectivity index (χ1n) is 15.3. The molecule has 3 aromatic carbocycles. The molecule has 4 rings (SSSR count). The van der Waals surface area contributed by atoms with Crippen molar-refractivity contribution in [2.45, 2.75) is 60.8 Å². The predicted octanol–water partition coefficient (Wildman–Crippen LogP) is 11.6. The van der Waals surface area contributed by atoms with Crippen molar-refractivity contribution in [2.24, 2.45) is 0 Å². The van der Waals surface area contributed by atoms with Gasteiger partial charge in [0.2, 0.25) is 0 Å². The first-order chi connectivity index (χ1) is 20.6. The highest BCUT2D eigenvalue weighted by Gasteiger charge is 2.35. The zero-order valence-electron chi connectivity index (χ0n) is 28.2. The topological polar surface area (TPSA) is 6.48 Å². The molecule has 2 heteroatoms. The summed E-state index contributed by atoms with van der Waals surface area (Å²) in [4.78, 5) is 4.38. The molecule has 0 N–H and O–H groups in total. The highest BCUT2D eigenvalue weighted by atomic mass is 15.1. The minimum atomic E-state index is 0.0522. The van der Waals surface area contributed by atoms with Gasteiger partial charge in [-0.1, -0.05) is 114 Å². The second-order valence-electron chi connectivity index (χ2n) is 10.9. The fourth-order valence-electron chi connectivity index (χ4n) is 5.57. The summed E-state index contributed by atoms with van der Waals surface area (Å²) in [6.07, 6.45) is 14.1. The Hall–Kier alpha value is -4.30. The summed E-state index contributed by atoms with van der Waals surface area (Å²) in [6, 6.07) is 23.7. The molecule has 0 aromatic heterocycles. The van der Waals surface area contributed by atoms with Crippen molar-refractivity contribution in [3.05, 3.63) is 156 Å². The zero-order valence-corrected chi connectivity index (χ0v) is 28.2. The molecule has 0 atom stereocenters. The largest absolute Gasteiger partial charge is 0.345 e. The predicted molar refractivity (Wildman–Crippen MR) is 194 cm³/mol. The summed E-state index contributed by atoms with van der Waals surface area (Å²) < 4.78 is 0. The normalized spacial score (nSPS) is 13.6. The molecule has 0 heterocycles. The van der Waals surface area contributed by atoms with Gasteiger partial charge in [0.1, 0.15) is 0 Å². The van der Waals surface area contributed by atoms with E-state index in [1.165, 1.54) is 44.8 Å². The van der Waals surface area contributed by atoms with Gasteiger partial charge in [0.15, 0.2) is 0 Å². The Kier molecular flexibility index (Phi) is 13.3. The van der Waals surface area contributed by atoms with Gasteiger partial charge in [-0.05, 0) is 97.5 Å². The number of para-hydroxylation sites is 1. The Morgan fingerprint density at radius 3 is 1.95 bits per heavy atom. The number of allylic oxidation sites excluding steroid dienone is 8. The molecule has 1 aliphatic carbocycles.